The number of halogens is 3. The lowest BCUT2D eigenvalue weighted by molar-refractivity contribution is -0.913. The van der Waals surface area contributed by atoms with Gasteiger partial charge in [0, 0.05) is 0 Å². The molecule has 33 heavy (non-hydrogen) atoms. The summed E-state index contributed by atoms with van der Waals surface area (Å²) < 4.78 is 52.7. The lowest BCUT2D eigenvalue weighted by Gasteiger charge is -2.20. The van der Waals surface area contributed by atoms with Gasteiger partial charge in [-0.1, -0.05) is 19.9 Å². The van der Waals surface area contributed by atoms with Crippen molar-refractivity contribution in [1.29, 1.82) is 0 Å². The van der Waals surface area contributed by atoms with E-state index in [1.54, 1.807) is 26.0 Å². The molecule has 8 heteroatoms. The van der Waals surface area contributed by atoms with Crippen LogP contribution in [0, 0.1) is 13.8 Å². The van der Waals surface area contributed by atoms with Crippen LogP contribution in [-0.2, 0) is 12.7 Å². The lowest BCUT2D eigenvalue weighted by atomic mass is 10.1. The number of aryl methyl sites for hydroxylation is 2. The summed E-state index contributed by atoms with van der Waals surface area (Å²) in [6.07, 6.45) is -3.23. The van der Waals surface area contributed by atoms with Crippen LogP contribution in [0.3, 0.4) is 0 Å². The standard InChI is InChI=1S/C25H28F3NO4/c1-5-9-29(10-6-2)14-19-20(30)8-7-18-21(31)23(24(25(26,27)28)33-22(18)19)32-17-12-15(3)11-16(4)13-17/h7-8,11-13,30H,5-6,9-10,14H2,1-4H3/p+1. The van der Waals surface area contributed by atoms with E-state index in [9.17, 15) is 23.1 Å². The minimum Gasteiger partial charge on any atom is -0.507 e. The van der Waals surface area contributed by atoms with Gasteiger partial charge in [0.25, 0.3) is 5.76 Å². The number of phenolic OH excluding ortho intramolecular Hbond substituents is 1. The highest BCUT2D eigenvalue weighted by Crippen LogP contribution is 2.40. The van der Waals surface area contributed by atoms with Gasteiger partial charge in [-0.25, -0.2) is 0 Å². The molecule has 3 aromatic rings. The Labute approximate surface area is 190 Å². The molecular formula is C25H29F3NO4+. The van der Waals surface area contributed by atoms with Crippen molar-refractivity contribution in [2.24, 2.45) is 0 Å². The zero-order valence-corrected chi connectivity index (χ0v) is 19.2. The van der Waals surface area contributed by atoms with Gasteiger partial charge >= 0.3 is 6.18 Å². The van der Waals surface area contributed by atoms with Gasteiger partial charge in [0.05, 0.1) is 24.0 Å². The number of nitrogens with one attached hydrogen (secondary N) is 1. The van der Waals surface area contributed by atoms with E-state index < -0.39 is 23.1 Å². The highest BCUT2D eigenvalue weighted by atomic mass is 19.4. The second kappa shape index (κ2) is 9.87. The first-order chi connectivity index (χ1) is 15.5. The number of phenols is 1. The van der Waals surface area contributed by atoms with E-state index in [4.69, 9.17) is 9.15 Å². The molecule has 0 unspecified atom stereocenters. The fourth-order valence-electron chi connectivity index (χ4n) is 4.11. The average Bonchev–Trinajstić information content (AvgIpc) is 2.70. The SMILES string of the molecule is CCC[NH+](CCC)Cc1c(O)ccc2c(=O)c(Oc3cc(C)cc(C)c3)c(C(F)(F)F)oc12. The highest BCUT2D eigenvalue weighted by Gasteiger charge is 2.41. The first-order valence-corrected chi connectivity index (χ1v) is 11.0. The summed E-state index contributed by atoms with van der Waals surface area (Å²) >= 11 is 0. The molecule has 1 aromatic heterocycles. The molecule has 1 heterocycles. The second-order valence-corrected chi connectivity index (χ2v) is 8.38. The molecule has 2 N–H and O–H groups in total. The minimum atomic E-state index is -4.97. The molecule has 3 rings (SSSR count). The van der Waals surface area contributed by atoms with Crippen molar-refractivity contribution in [2.45, 2.75) is 53.3 Å². The second-order valence-electron chi connectivity index (χ2n) is 8.38. The Balaban J connectivity index is 2.23. The van der Waals surface area contributed by atoms with Crippen molar-refractivity contribution in [3.63, 3.8) is 0 Å². The first-order valence-electron chi connectivity index (χ1n) is 11.0. The first kappa shape index (κ1) is 24.6. The molecule has 0 saturated heterocycles. The number of alkyl halides is 3. The number of hydrogen-bond donors (Lipinski definition) is 2. The third-order valence-electron chi connectivity index (χ3n) is 5.40. The molecule has 5 nitrogen and oxygen atoms in total. The highest BCUT2D eigenvalue weighted by molar-refractivity contribution is 5.83. The number of aromatic hydroxyl groups is 1. The maximum Gasteiger partial charge on any atom is 0.453 e. The van der Waals surface area contributed by atoms with Crippen molar-refractivity contribution in [3.8, 4) is 17.2 Å². The Hall–Kier alpha value is -3.00. The van der Waals surface area contributed by atoms with Crippen LogP contribution in [0.15, 0.2) is 39.5 Å². The number of ether oxygens (including phenoxy) is 1. The molecule has 0 radical (unpaired) electrons. The lowest BCUT2D eigenvalue weighted by Crippen LogP contribution is -3.10. The molecule has 0 aliphatic rings. The molecule has 0 amide bonds. The van der Waals surface area contributed by atoms with Crippen LogP contribution in [0.2, 0.25) is 0 Å². The molecule has 0 fully saturated rings. The molecule has 0 aliphatic heterocycles. The van der Waals surface area contributed by atoms with Gasteiger partial charge in [-0.15, -0.1) is 0 Å². The number of rotatable bonds is 8. The summed E-state index contributed by atoms with van der Waals surface area (Å²) in [5, 5.41) is 10.4. The largest absolute Gasteiger partial charge is 0.507 e. The topological polar surface area (TPSA) is 64.1 Å². The summed E-state index contributed by atoms with van der Waals surface area (Å²) in [6.45, 7) is 9.37. The van der Waals surface area contributed by atoms with Gasteiger partial charge in [-0.05, 0) is 62.1 Å². The van der Waals surface area contributed by atoms with Crippen molar-refractivity contribution < 1.29 is 32.3 Å². The molecular weight excluding hydrogens is 435 g/mol. The number of quaternary nitrogens is 1. The predicted octanol–water partition coefficient (Wildman–Crippen LogP) is 5.13. The zero-order chi connectivity index (χ0) is 24.3. The van der Waals surface area contributed by atoms with Crippen LogP contribution in [0.1, 0.15) is 49.1 Å². The molecule has 0 saturated carbocycles. The van der Waals surface area contributed by atoms with Crippen LogP contribution in [0.25, 0.3) is 11.0 Å². The Morgan fingerprint density at radius 2 is 1.64 bits per heavy atom. The van der Waals surface area contributed by atoms with Crippen molar-refractivity contribution in [3.05, 3.63) is 63.0 Å². The molecule has 178 valence electrons. The smallest absolute Gasteiger partial charge is 0.453 e. The van der Waals surface area contributed by atoms with Gasteiger partial charge in [-0.2, -0.15) is 13.2 Å². The number of benzene rings is 2. The van der Waals surface area contributed by atoms with Crippen LogP contribution < -0.4 is 15.1 Å². The summed E-state index contributed by atoms with van der Waals surface area (Å²) in [6, 6.07) is 7.54. The minimum absolute atomic E-state index is 0.0671. The molecule has 0 aliphatic carbocycles. The van der Waals surface area contributed by atoms with Gasteiger partial charge in [0.15, 0.2) is 5.58 Å². The summed E-state index contributed by atoms with van der Waals surface area (Å²) in [5.74, 6) is -2.52. The van der Waals surface area contributed by atoms with E-state index in [-0.39, 0.29) is 34.6 Å². The van der Waals surface area contributed by atoms with Gasteiger partial charge in [0.1, 0.15) is 18.0 Å². The monoisotopic (exact) mass is 464 g/mol. The maximum absolute atomic E-state index is 14.0. The predicted molar refractivity (Wildman–Crippen MR) is 120 cm³/mol. The molecule has 0 bridgehead atoms. The van der Waals surface area contributed by atoms with Gasteiger partial charge in [-0.3, -0.25) is 4.79 Å². The van der Waals surface area contributed by atoms with Crippen molar-refractivity contribution >= 4 is 11.0 Å². The third kappa shape index (κ3) is 5.50. The van der Waals surface area contributed by atoms with E-state index in [1.165, 1.54) is 12.1 Å². The number of hydrogen-bond acceptors (Lipinski definition) is 4. The molecule has 2 aromatic carbocycles. The van der Waals surface area contributed by atoms with Gasteiger partial charge < -0.3 is 19.2 Å². The van der Waals surface area contributed by atoms with E-state index in [0.717, 1.165) is 42.0 Å². The van der Waals surface area contributed by atoms with E-state index in [0.29, 0.717) is 0 Å². The summed E-state index contributed by atoms with van der Waals surface area (Å²) in [7, 11) is 0. The van der Waals surface area contributed by atoms with Gasteiger partial charge in [0.2, 0.25) is 11.2 Å². The molecule has 0 spiro atoms. The number of fused-ring (bicyclic) bond motifs is 1. The Morgan fingerprint density at radius 3 is 2.18 bits per heavy atom. The van der Waals surface area contributed by atoms with Crippen LogP contribution in [0.4, 0.5) is 13.2 Å². The van der Waals surface area contributed by atoms with Crippen LogP contribution in [-0.4, -0.2) is 18.2 Å². The Bertz CT molecular complexity index is 1170. The zero-order valence-electron chi connectivity index (χ0n) is 19.2. The third-order valence-corrected chi connectivity index (χ3v) is 5.40. The summed E-state index contributed by atoms with van der Waals surface area (Å²) in [5.41, 5.74) is 0.558. The average molecular weight is 465 g/mol. The van der Waals surface area contributed by atoms with Crippen molar-refractivity contribution in [2.75, 3.05) is 13.1 Å². The maximum atomic E-state index is 14.0. The summed E-state index contributed by atoms with van der Waals surface area (Å²) in [4.78, 5) is 14.3. The fourth-order valence-corrected chi connectivity index (χ4v) is 4.11. The fraction of sp³-hybridized carbons (Fsp3) is 0.400. The normalized spacial score (nSPS) is 12.0. The van der Waals surface area contributed by atoms with E-state index in [2.05, 4.69) is 0 Å². The Kier molecular flexibility index (Phi) is 7.37. The Morgan fingerprint density at radius 1 is 1.03 bits per heavy atom. The van der Waals surface area contributed by atoms with Crippen molar-refractivity contribution in [1.82, 2.24) is 0 Å². The van der Waals surface area contributed by atoms with E-state index in [1.807, 2.05) is 19.9 Å². The van der Waals surface area contributed by atoms with Crippen LogP contribution in [0.5, 0.6) is 17.2 Å². The quantitative estimate of drug-likeness (QED) is 0.485. The van der Waals surface area contributed by atoms with E-state index >= 15 is 0 Å². The molecule has 0 atom stereocenters. The van der Waals surface area contributed by atoms with Crippen LogP contribution >= 0.6 is 0 Å².